The summed E-state index contributed by atoms with van der Waals surface area (Å²) in [6.45, 7) is 15.2. The molecule has 0 saturated carbocycles. The van der Waals surface area contributed by atoms with Crippen molar-refractivity contribution in [3.05, 3.63) is 61.2 Å². The number of amides is 3. The van der Waals surface area contributed by atoms with E-state index in [9.17, 15) is 24.3 Å². The lowest BCUT2D eigenvalue weighted by Crippen LogP contribution is -2.60. The number of fused-ring (bicyclic) bond motifs is 1. The molecule has 4 aliphatic rings. The standard InChI is InChI=1S/C39H56N4O9/c1-6-8-14-31(45)40-28(25-49-5)34(27-12-10-9-11-13-27)51-38(48)32-30-15-16-39(52-30)33(32)36(46)43(29(24-44)26(3)4)35(39)37(47)42(17-7-2)19-18-41-20-22-50-23-21-41/h6-7,9-13,26,28-30,32-35,44H,1-2,8,14-25H2,3-5H3,(H,40,45)/t28-,29-,30-,32+,33+,34-,35-,39+/m0/s1. The van der Waals surface area contributed by atoms with Crippen molar-refractivity contribution in [1.82, 2.24) is 20.0 Å². The van der Waals surface area contributed by atoms with Crippen molar-refractivity contribution >= 4 is 23.7 Å². The second-order valence-electron chi connectivity index (χ2n) is 14.5. The van der Waals surface area contributed by atoms with Gasteiger partial charge in [0.1, 0.15) is 17.7 Å². The molecule has 0 aliphatic carbocycles. The molecule has 0 radical (unpaired) electrons. The van der Waals surface area contributed by atoms with Crippen LogP contribution in [0.15, 0.2) is 55.6 Å². The van der Waals surface area contributed by atoms with Crippen LogP contribution in [-0.4, -0.2) is 140 Å². The average Bonchev–Trinajstić information content (AvgIpc) is 3.79. The Morgan fingerprint density at radius 3 is 2.52 bits per heavy atom. The van der Waals surface area contributed by atoms with Gasteiger partial charge in [0.2, 0.25) is 17.7 Å². The van der Waals surface area contributed by atoms with Crippen LogP contribution in [0.4, 0.5) is 0 Å². The van der Waals surface area contributed by atoms with E-state index in [2.05, 4.69) is 23.4 Å². The second kappa shape index (κ2) is 17.9. The molecule has 4 fully saturated rings. The fraction of sp³-hybridized carbons (Fsp3) is 0.641. The average molecular weight is 725 g/mol. The molecule has 1 spiro atoms. The van der Waals surface area contributed by atoms with E-state index in [-0.39, 0.29) is 43.9 Å². The van der Waals surface area contributed by atoms with Gasteiger partial charge in [-0.05, 0) is 30.7 Å². The number of nitrogens with zero attached hydrogens (tertiary/aromatic N) is 3. The molecular weight excluding hydrogens is 668 g/mol. The van der Waals surface area contributed by atoms with Crippen LogP contribution in [-0.2, 0) is 38.1 Å². The molecule has 0 unspecified atom stereocenters. The smallest absolute Gasteiger partial charge is 0.313 e. The number of aliphatic hydroxyl groups excluding tert-OH is 1. The van der Waals surface area contributed by atoms with Crippen molar-refractivity contribution in [3.8, 4) is 0 Å². The highest BCUT2D eigenvalue weighted by molar-refractivity contribution is 5.98. The number of morpholine rings is 1. The number of allylic oxidation sites excluding steroid dienone is 1. The number of benzene rings is 1. The molecule has 5 rings (SSSR count). The summed E-state index contributed by atoms with van der Waals surface area (Å²) in [6.07, 6.45) is 3.29. The van der Waals surface area contributed by atoms with E-state index in [1.165, 1.54) is 12.0 Å². The molecule has 4 saturated heterocycles. The van der Waals surface area contributed by atoms with E-state index < -0.39 is 59.6 Å². The number of aliphatic hydroxyl groups is 1. The zero-order chi connectivity index (χ0) is 37.4. The normalized spacial score (nSPS) is 27.2. The number of hydrogen-bond donors (Lipinski definition) is 2. The molecule has 4 aliphatic heterocycles. The van der Waals surface area contributed by atoms with E-state index in [1.807, 2.05) is 44.2 Å². The molecule has 1 aromatic carbocycles. The van der Waals surface area contributed by atoms with Gasteiger partial charge in [-0.1, -0.05) is 56.3 Å². The number of esters is 1. The predicted molar refractivity (Wildman–Crippen MR) is 193 cm³/mol. The van der Waals surface area contributed by atoms with Gasteiger partial charge >= 0.3 is 5.97 Å². The van der Waals surface area contributed by atoms with Crippen LogP contribution >= 0.6 is 0 Å². The largest absolute Gasteiger partial charge is 0.455 e. The van der Waals surface area contributed by atoms with Gasteiger partial charge in [0.05, 0.1) is 56.5 Å². The van der Waals surface area contributed by atoms with Gasteiger partial charge < -0.3 is 39.2 Å². The Balaban J connectivity index is 1.47. The Labute approximate surface area is 307 Å². The molecule has 13 heteroatoms. The first-order valence-corrected chi connectivity index (χ1v) is 18.6. The van der Waals surface area contributed by atoms with Gasteiger partial charge in [0, 0.05) is 46.3 Å². The van der Waals surface area contributed by atoms with Gasteiger partial charge in [-0.15, -0.1) is 13.2 Å². The highest BCUT2D eigenvalue weighted by atomic mass is 16.6. The molecule has 13 nitrogen and oxygen atoms in total. The number of hydrogen-bond acceptors (Lipinski definition) is 10. The van der Waals surface area contributed by atoms with Gasteiger partial charge in [-0.2, -0.15) is 0 Å². The van der Waals surface area contributed by atoms with Crippen molar-refractivity contribution in [2.45, 2.75) is 75.5 Å². The summed E-state index contributed by atoms with van der Waals surface area (Å²) in [5, 5.41) is 13.6. The zero-order valence-corrected chi connectivity index (χ0v) is 30.8. The number of methoxy groups -OCH3 is 1. The summed E-state index contributed by atoms with van der Waals surface area (Å²) in [5.41, 5.74) is -0.635. The summed E-state index contributed by atoms with van der Waals surface area (Å²) in [6, 6.07) is 6.64. The number of rotatable bonds is 19. The van der Waals surface area contributed by atoms with Crippen molar-refractivity contribution in [2.24, 2.45) is 17.8 Å². The van der Waals surface area contributed by atoms with Crippen LogP contribution < -0.4 is 5.32 Å². The molecule has 2 N–H and O–H groups in total. The third kappa shape index (κ3) is 8.13. The molecule has 52 heavy (non-hydrogen) atoms. The highest BCUT2D eigenvalue weighted by Gasteiger charge is 2.76. The SMILES string of the molecule is C=CCCC(=O)N[C@@H](COC)[C@@H](OC(=O)[C@@H]1[C@@H]2CC[C@]3(O2)[C@H](C(=O)N(CC=C)CCN2CCOCC2)N([C@@H](CO)C(C)C)C(=O)[C@@H]13)c1ccccc1. The van der Waals surface area contributed by atoms with E-state index in [0.29, 0.717) is 51.1 Å². The van der Waals surface area contributed by atoms with Gasteiger partial charge in [0.15, 0.2) is 0 Å². The van der Waals surface area contributed by atoms with Crippen LogP contribution in [0.5, 0.6) is 0 Å². The Bertz CT molecular complexity index is 1420. The lowest BCUT2D eigenvalue weighted by atomic mass is 9.70. The fourth-order valence-electron chi connectivity index (χ4n) is 8.45. The van der Waals surface area contributed by atoms with Crippen molar-refractivity contribution < 1.29 is 43.2 Å². The molecular formula is C39H56N4O9. The Hall–Kier alpha value is -3.62. The Kier molecular flexibility index (Phi) is 13.7. The highest BCUT2D eigenvalue weighted by Crippen LogP contribution is 2.59. The fourth-order valence-corrected chi connectivity index (χ4v) is 8.45. The third-order valence-corrected chi connectivity index (χ3v) is 11.0. The van der Waals surface area contributed by atoms with E-state index in [4.69, 9.17) is 18.9 Å². The molecule has 2 bridgehead atoms. The summed E-state index contributed by atoms with van der Waals surface area (Å²) in [4.78, 5) is 62.4. The Morgan fingerprint density at radius 2 is 1.88 bits per heavy atom. The van der Waals surface area contributed by atoms with Gasteiger partial charge in [-0.25, -0.2) is 0 Å². The topological polar surface area (TPSA) is 147 Å². The first-order valence-electron chi connectivity index (χ1n) is 18.6. The number of likely N-dealkylation sites (tertiary alicyclic amines) is 1. The quantitative estimate of drug-likeness (QED) is 0.161. The second-order valence-corrected chi connectivity index (χ2v) is 14.5. The molecule has 1 aromatic rings. The van der Waals surface area contributed by atoms with Crippen molar-refractivity contribution in [3.63, 3.8) is 0 Å². The molecule has 3 amide bonds. The summed E-state index contributed by atoms with van der Waals surface area (Å²) < 4.78 is 24.0. The van der Waals surface area contributed by atoms with Crippen LogP contribution in [0.1, 0.15) is 51.2 Å². The van der Waals surface area contributed by atoms with Crippen LogP contribution in [0.25, 0.3) is 0 Å². The predicted octanol–water partition coefficient (Wildman–Crippen LogP) is 2.11. The molecule has 0 aromatic heterocycles. The summed E-state index contributed by atoms with van der Waals surface area (Å²) in [5.74, 6) is -3.76. The van der Waals surface area contributed by atoms with Gasteiger partial charge in [-0.3, -0.25) is 24.1 Å². The maximum atomic E-state index is 14.8. The minimum absolute atomic E-state index is 0.0596. The molecule has 4 heterocycles. The monoisotopic (exact) mass is 724 g/mol. The van der Waals surface area contributed by atoms with Crippen LogP contribution in [0.3, 0.4) is 0 Å². The number of carbonyl (C=O) groups is 4. The molecule has 286 valence electrons. The minimum Gasteiger partial charge on any atom is -0.455 e. The number of ether oxygens (including phenoxy) is 4. The minimum atomic E-state index is -1.28. The lowest BCUT2D eigenvalue weighted by molar-refractivity contribution is -0.164. The first-order chi connectivity index (χ1) is 25.1. The van der Waals surface area contributed by atoms with Gasteiger partial charge in [0.25, 0.3) is 0 Å². The number of nitrogens with one attached hydrogen (secondary N) is 1. The molecule has 8 atom stereocenters. The summed E-state index contributed by atoms with van der Waals surface area (Å²) in [7, 11) is 1.51. The van der Waals surface area contributed by atoms with E-state index >= 15 is 0 Å². The number of carbonyl (C=O) groups excluding carboxylic acids is 4. The van der Waals surface area contributed by atoms with Crippen molar-refractivity contribution in [2.75, 3.05) is 66.3 Å². The Morgan fingerprint density at radius 1 is 1.15 bits per heavy atom. The van der Waals surface area contributed by atoms with Crippen LogP contribution in [0.2, 0.25) is 0 Å². The van der Waals surface area contributed by atoms with E-state index in [1.54, 1.807) is 17.1 Å². The van der Waals surface area contributed by atoms with Crippen molar-refractivity contribution in [1.29, 1.82) is 0 Å². The maximum absolute atomic E-state index is 14.8. The lowest BCUT2D eigenvalue weighted by Gasteiger charge is -2.40. The zero-order valence-electron chi connectivity index (χ0n) is 30.8. The first kappa shape index (κ1) is 39.6. The van der Waals surface area contributed by atoms with E-state index in [0.717, 1.165) is 13.1 Å². The third-order valence-electron chi connectivity index (χ3n) is 11.0. The maximum Gasteiger partial charge on any atom is 0.313 e. The summed E-state index contributed by atoms with van der Waals surface area (Å²) >= 11 is 0. The van der Waals surface area contributed by atoms with Crippen LogP contribution in [0, 0.1) is 17.8 Å².